The van der Waals surface area contributed by atoms with Crippen LogP contribution < -0.4 is 0 Å². The van der Waals surface area contributed by atoms with Crippen molar-refractivity contribution >= 4 is 43.6 Å². The Kier molecular flexibility index (Phi) is 14.4. The maximum absolute atomic E-state index is 14.8. The van der Waals surface area contributed by atoms with E-state index in [1.54, 1.807) is 109 Å². The van der Waals surface area contributed by atoms with Crippen LogP contribution in [-0.2, 0) is 12.4 Å². The lowest BCUT2D eigenvalue weighted by Crippen LogP contribution is -2.11. The van der Waals surface area contributed by atoms with Gasteiger partial charge in [-0.15, -0.1) is 0 Å². The number of nitriles is 9. The monoisotopic (exact) mass is 1230 g/mol. The van der Waals surface area contributed by atoms with Crippen LogP contribution in [0.15, 0.2) is 200 Å². The van der Waals surface area contributed by atoms with E-state index >= 15 is 0 Å². The summed E-state index contributed by atoms with van der Waals surface area (Å²) in [5.41, 5.74) is 6.24. The molecule has 17 heteroatoms. The highest BCUT2D eigenvalue weighted by Gasteiger charge is 2.37. The van der Waals surface area contributed by atoms with Crippen molar-refractivity contribution in [2.45, 2.75) is 12.4 Å². The number of aromatic nitrogens is 2. The van der Waals surface area contributed by atoms with Crippen LogP contribution in [0.25, 0.3) is 122 Å². The Bertz CT molecular complexity index is 5490. The lowest BCUT2D eigenvalue weighted by Gasteiger charge is -2.21. The molecule has 0 saturated heterocycles. The van der Waals surface area contributed by atoms with Crippen molar-refractivity contribution in [1.82, 2.24) is 9.13 Å². The van der Waals surface area contributed by atoms with Crippen molar-refractivity contribution in [3.8, 4) is 133 Å². The van der Waals surface area contributed by atoms with Crippen molar-refractivity contribution in [2.24, 2.45) is 0 Å². The molecule has 2 aromatic heterocycles. The summed E-state index contributed by atoms with van der Waals surface area (Å²) in [6.45, 7) is 0. The number of nitrogens with zero attached hydrogens (tertiary/aromatic N) is 11. The average Bonchev–Trinajstić information content (AvgIpc) is 1.55. The normalized spacial score (nSPS) is 11.2. The number of rotatable bonds is 8. The second-order valence-electron chi connectivity index (χ2n) is 22.1. The molecule has 438 valence electrons. The average molecular weight is 1230 g/mol. The molecule has 0 aliphatic heterocycles. The topological polar surface area (TPSA) is 224 Å². The van der Waals surface area contributed by atoms with Crippen LogP contribution in [0, 0.1) is 102 Å². The predicted molar refractivity (Wildman–Crippen MR) is 340 cm³/mol. The van der Waals surface area contributed by atoms with Gasteiger partial charge < -0.3 is 9.13 Å². The highest BCUT2D eigenvalue weighted by molar-refractivity contribution is 6.14. The van der Waals surface area contributed by atoms with Gasteiger partial charge in [0.1, 0.15) is 0 Å². The molecule has 0 aliphatic carbocycles. The van der Waals surface area contributed by atoms with Gasteiger partial charge in [-0.1, -0.05) is 42.5 Å². The molecule has 11 aromatic carbocycles. The van der Waals surface area contributed by atoms with Crippen molar-refractivity contribution in [3.63, 3.8) is 0 Å². The second-order valence-corrected chi connectivity index (χ2v) is 22.1. The summed E-state index contributed by atoms with van der Waals surface area (Å²) >= 11 is 0. The van der Waals surface area contributed by atoms with Crippen LogP contribution in [0.5, 0.6) is 0 Å². The van der Waals surface area contributed by atoms with Gasteiger partial charge in [-0.25, -0.2) is 0 Å². The quantitative estimate of drug-likeness (QED) is 0.132. The minimum atomic E-state index is -5.20. The molecule has 13 aromatic rings. The Labute approximate surface area is 530 Å². The van der Waals surface area contributed by atoms with Crippen LogP contribution in [-0.4, -0.2) is 9.13 Å². The van der Waals surface area contributed by atoms with Gasteiger partial charge in [0.2, 0.25) is 0 Å². The summed E-state index contributed by atoms with van der Waals surface area (Å²) in [4.78, 5) is 0. The van der Waals surface area contributed by atoms with E-state index in [1.165, 1.54) is 36.4 Å². The molecule has 0 saturated carbocycles. The Hall–Kier alpha value is -14.0. The molecule has 94 heavy (non-hydrogen) atoms. The van der Waals surface area contributed by atoms with Gasteiger partial charge in [-0.3, -0.25) is 0 Å². The first kappa shape index (κ1) is 59.0. The standard InChI is InChI=1S/C77H33F6N11/c78-76(79,80)62-26-61(27-63(33-62)77(81,82)83)56-2-8-65(75(32-56)94-72-11-5-54(59-21-48(39-89)15-49(22-59)40-90)30-68(72)69-31-55(6-12-73(69)94)60-23-50(41-91)16-51(24-60)42-92)64-7-1-43(34-84)25-74(64)93-70-9-3-52(57-17-44(35-85)13-45(18-57)36-86)28-66(70)67-29-53(4-10-71(67)93)58-19-46(37-87)14-47(20-58)38-88/h1-33H. The van der Waals surface area contributed by atoms with E-state index in [0.717, 1.165) is 0 Å². The van der Waals surface area contributed by atoms with Crippen LogP contribution in [0.2, 0.25) is 0 Å². The first-order chi connectivity index (χ1) is 45.3. The Morgan fingerprint density at radius 2 is 0.468 bits per heavy atom. The molecule has 13 rings (SSSR count). The van der Waals surface area contributed by atoms with Crippen molar-refractivity contribution < 1.29 is 26.3 Å². The third-order valence-corrected chi connectivity index (χ3v) is 16.4. The molecule has 0 aliphatic rings. The minimum absolute atomic E-state index is 0.0548. The van der Waals surface area contributed by atoms with Gasteiger partial charge in [0.25, 0.3) is 0 Å². The number of hydrogen-bond acceptors (Lipinski definition) is 9. The summed E-state index contributed by atoms with van der Waals surface area (Å²) in [6.07, 6.45) is -10.4. The lowest BCUT2D eigenvalue weighted by molar-refractivity contribution is -0.143. The molecule has 0 atom stereocenters. The molecular weight excluding hydrogens is 1190 g/mol. The molecule has 0 amide bonds. The maximum Gasteiger partial charge on any atom is 0.416 e. The van der Waals surface area contributed by atoms with E-state index in [4.69, 9.17) is 0 Å². The van der Waals surface area contributed by atoms with Gasteiger partial charge in [-0.05, 0) is 213 Å². The lowest BCUT2D eigenvalue weighted by atomic mass is 9.94. The van der Waals surface area contributed by atoms with E-state index in [1.807, 2.05) is 45.5 Å². The van der Waals surface area contributed by atoms with Crippen LogP contribution in [0.3, 0.4) is 0 Å². The SMILES string of the molecule is N#Cc1cc(C#N)cc(-c2ccc3c(c2)c2cc(-c4cc(C#N)cc(C#N)c4)ccc2n3-c2cc(C#N)ccc2-c2ccc(-c3cc(C(F)(F)F)cc(C(F)(F)F)c3)cc2-n2c3ccc(-c4cc(C#N)cc(C#N)c4)cc3c3cc(-c4cc(C#N)cc(C#N)c4)ccc32)c1. The minimum Gasteiger partial charge on any atom is -0.309 e. The predicted octanol–water partition coefficient (Wildman–Crippen LogP) is 18.8. The molecule has 0 bridgehead atoms. The van der Waals surface area contributed by atoms with Crippen LogP contribution in [0.4, 0.5) is 26.3 Å². The molecular formula is C77H33F6N11. The Balaban J connectivity index is 1.15. The van der Waals surface area contributed by atoms with Gasteiger partial charge in [-0.2, -0.15) is 73.7 Å². The van der Waals surface area contributed by atoms with Gasteiger partial charge >= 0.3 is 12.4 Å². The highest BCUT2D eigenvalue weighted by atomic mass is 19.4. The molecule has 0 radical (unpaired) electrons. The molecule has 0 fully saturated rings. The Morgan fingerprint density at radius 3 is 0.745 bits per heavy atom. The Morgan fingerprint density at radius 1 is 0.223 bits per heavy atom. The maximum atomic E-state index is 14.8. The van der Waals surface area contributed by atoms with Crippen molar-refractivity contribution in [3.05, 3.63) is 261 Å². The van der Waals surface area contributed by atoms with E-state index < -0.39 is 29.0 Å². The summed E-state index contributed by atoms with van der Waals surface area (Å²) in [6, 6.07) is 70.6. The van der Waals surface area contributed by atoms with E-state index in [0.29, 0.717) is 117 Å². The fraction of sp³-hybridized carbons (Fsp3) is 0.0260. The summed E-state index contributed by atoms with van der Waals surface area (Å²) in [5.74, 6) is 0. The first-order valence-electron chi connectivity index (χ1n) is 28.3. The first-order valence-corrected chi connectivity index (χ1v) is 28.3. The smallest absolute Gasteiger partial charge is 0.309 e. The van der Waals surface area contributed by atoms with Crippen LogP contribution >= 0.6 is 0 Å². The van der Waals surface area contributed by atoms with Gasteiger partial charge in [0, 0.05) is 32.7 Å². The van der Waals surface area contributed by atoms with Gasteiger partial charge in [0.15, 0.2) is 0 Å². The third kappa shape index (κ3) is 10.5. The third-order valence-electron chi connectivity index (χ3n) is 16.4. The molecule has 0 spiro atoms. The number of hydrogen-bond donors (Lipinski definition) is 0. The number of benzene rings is 11. The molecule has 2 heterocycles. The van der Waals surface area contributed by atoms with Crippen molar-refractivity contribution in [2.75, 3.05) is 0 Å². The number of alkyl halides is 6. The number of fused-ring (bicyclic) bond motifs is 6. The summed E-state index contributed by atoms with van der Waals surface area (Å²) in [5, 5.41) is 93.3. The molecule has 11 nitrogen and oxygen atoms in total. The van der Waals surface area contributed by atoms with E-state index in [-0.39, 0.29) is 67.4 Å². The van der Waals surface area contributed by atoms with Crippen LogP contribution in [0.1, 0.15) is 61.2 Å². The largest absolute Gasteiger partial charge is 0.416 e. The fourth-order valence-electron chi connectivity index (χ4n) is 12.2. The van der Waals surface area contributed by atoms with Crippen molar-refractivity contribution in [1.29, 1.82) is 47.4 Å². The zero-order valence-corrected chi connectivity index (χ0v) is 48.2. The number of halogens is 6. The summed E-state index contributed by atoms with van der Waals surface area (Å²) in [7, 11) is 0. The zero-order chi connectivity index (χ0) is 65.9. The highest BCUT2D eigenvalue weighted by Crippen LogP contribution is 2.47. The zero-order valence-electron chi connectivity index (χ0n) is 48.2. The van der Waals surface area contributed by atoms with E-state index in [9.17, 15) is 73.7 Å². The molecule has 0 unspecified atom stereocenters. The van der Waals surface area contributed by atoms with Gasteiger partial charge in [0.05, 0.1) is 149 Å². The second kappa shape index (κ2) is 22.9. The summed E-state index contributed by atoms with van der Waals surface area (Å²) < 4.78 is 92.3. The van der Waals surface area contributed by atoms with E-state index in [2.05, 4.69) is 54.6 Å². The molecule has 0 N–H and O–H groups in total. The fourth-order valence-corrected chi connectivity index (χ4v) is 12.2.